The molecular weight excluding hydrogens is 544 g/mol. The number of halogens is 2. The van der Waals surface area contributed by atoms with E-state index in [1.165, 1.54) is 4.57 Å². The maximum Gasteiger partial charge on any atom is 0.296 e. The normalized spacial score (nSPS) is 19.3. The lowest BCUT2D eigenvalue weighted by molar-refractivity contribution is -0.126. The number of morpholine rings is 1. The zero-order valence-electron chi connectivity index (χ0n) is 23.2. The van der Waals surface area contributed by atoms with Gasteiger partial charge in [-0.1, -0.05) is 18.2 Å². The highest BCUT2D eigenvalue weighted by Gasteiger charge is 2.29. The van der Waals surface area contributed by atoms with Gasteiger partial charge in [0.2, 0.25) is 17.7 Å². The third kappa shape index (κ3) is 6.33. The molecule has 0 radical (unpaired) electrons. The number of benzene rings is 1. The molecule has 1 aliphatic heterocycles. The number of imidazole rings is 1. The van der Waals surface area contributed by atoms with Crippen LogP contribution in [0.15, 0.2) is 54.7 Å². The summed E-state index contributed by atoms with van der Waals surface area (Å²) in [5.41, 5.74) is 1.93. The van der Waals surface area contributed by atoms with Crippen molar-refractivity contribution in [3.8, 4) is 11.7 Å². The van der Waals surface area contributed by atoms with Crippen LogP contribution in [-0.2, 0) is 16.0 Å². The minimum Gasteiger partial charge on any atom is -0.474 e. The predicted molar refractivity (Wildman–Crippen MR) is 152 cm³/mol. The second kappa shape index (κ2) is 12.8. The van der Waals surface area contributed by atoms with E-state index in [-0.39, 0.29) is 29.6 Å². The number of pyridine rings is 1. The van der Waals surface area contributed by atoms with Crippen molar-refractivity contribution < 1.29 is 23.0 Å². The Bertz CT molecular complexity index is 1500. The van der Waals surface area contributed by atoms with Crippen molar-refractivity contribution in [2.75, 3.05) is 37.7 Å². The van der Waals surface area contributed by atoms with Gasteiger partial charge in [0.05, 0.1) is 24.2 Å². The molecule has 2 fully saturated rings. The lowest BCUT2D eigenvalue weighted by Gasteiger charge is -2.29. The molecule has 1 aromatic carbocycles. The molecule has 42 heavy (non-hydrogen) atoms. The monoisotopic (exact) mass is 577 g/mol. The smallest absolute Gasteiger partial charge is 0.296 e. The SMILES string of the molecule is O=C(NCCc1ccccn1)C1CCC(Oc2cc(-n3c(C(F)F)nc4ccccc43)nc(N3CCOCC3)n2)CC1. The summed E-state index contributed by atoms with van der Waals surface area (Å²) in [5, 5.41) is 3.04. The molecule has 0 spiro atoms. The van der Waals surface area contributed by atoms with Crippen molar-refractivity contribution >= 4 is 22.9 Å². The molecule has 3 aromatic heterocycles. The summed E-state index contributed by atoms with van der Waals surface area (Å²) in [6.07, 6.45) is 2.23. The van der Waals surface area contributed by atoms with Crippen LogP contribution in [-0.4, -0.2) is 69.4 Å². The second-order valence-corrected chi connectivity index (χ2v) is 10.5. The number of fused-ring (bicyclic) bond motifs is 1. The van der Waals surface area contributed by atoms with Crippen LogP contribution in [0, 0.1) is 5.92 Å². The zero-order chi connectivity index (χ0) is 28.9. The number of ether oxygens (including phenoxy) is 2. The molecule has 1 amide bonds. The Labute approximate surface area is 242 Å². The molecule has 2 aliphatic rings. The van der Waals surface area contributed by atoms with Gasteiger partial charge in [-0.25, -0.2) is 13.8 Å². The second-order valence-electron chi connectivity index (χ2n) is 10.5. The highest BCUT2D eigenvalue weighted by atomic mass is 19.3. The van der Waals surface area contributed by atoms with Gasteiger partial charge >= 0.3 is 0 Å². The van der Waals surface area contributed by atoms with Crippen LogP contribution in [0.2, 0.25) is 0 Å². The summed E-state index contributed by atoms with van der Waals surface area (Å²) in [6.45, 7) is 2.75. The lowest BCUT2D eigenvalue weighted by Crippen LogP contribution is -2.38. The van der Waals surface area contributed by atoms with Gasteiger partial charge in [-0.15, -0.1) is 0 Å². The number of amides is 1. The van der Waals surface area contributed by atoms with Gasteiger partial charge in [-0.3, -0.25) is 14.3 Å². The minimum absolute atomic E-state index is 0.0508. The fourth-order valence-corrected chi connectivity index (χ4v) is 5.53. The molecule has 0 unspecified atom stereocenters. The number of aromatic nitrogens is 5. The van der Waals surface area contributed by atoms with Gasteiger partial charge < -0.3 is 19.7 Å². The molecule has 0 bridgehead atoms. The summed E-state index contributed by atoms with van der Waals surface area (Å²) >= 11 is 0. The zero-order valence-corrected chi connectivity index (χ0v) is 23.2. The predicted octanol–water partition coefficient (Wildman–Crippen LogP) is 4.28. The number of hydrogen-bond donors (Lipinski definition) is 1. The molecule has 6 rings (SSSR count). The van der Waals surface area contributed by atoms with E-state index in [1.807, 2.05) is 23.1 Å². The number of hydrogen-bond acceptors (Lipinski definition) is 8. The topological polar surface area (TPSA) is 107 Å². The largest absolute Gasteiger partial charge is 0.474 e. The summed E-state index contributed by atoms with van der Waals surface area (Å²) < 4.78 is 41.4. The van der Waals surface area contributed by atoms with Gasteiger partial charge in [0, 0.05) is 49.9 Å². The van der Waals surface area contributed by atoms with Crippen LogP contribution in [0.4, 0.5) is 14.7 Å². The van der Waals surface area contributed by atoms with Gasteiger partial charge in [0.1, 0.15) is 11.9 Å². The van der Waals surface area contributed by atoms with Crippen molar-refractivity contribution in [1.82, 2.24) is 29.8 Å². The van der Waals surface area contributed by atoms with Crippen molar-refractivity contribution in [3.05, 3.63) is 66.2 Å². The molecule has 4 aromatic rings. The molecular formula is C30H33F2N7O3. The molecule has 1 aliphatic carbocycles. The number of nitrogens with zero attached hydrogens (tertiary/aromatic N) is 6. The number of para-hydroxylation sites is 2. The van der Waals surface area contributed by atoms with Gasteiger partial charge in [-0.2, -0.15) is 9.97 Å². The van der Waals surface area contributed by atoms with Crippen molar-refractivity contribution in [3.63, 3.8) is 0 Å². The highest BCUT2D eigenvalue weighted by molar-refractivity contribution is 5.79. The first-order valence-electron chi connectivity index (χ1n) is 14.4. The van der Waals surface area contributed by atoms with Gasteiger partial charge in [-0.05, 0) is 49.9 Å². The van der Waals surface area contributed by atoms with E-state index in [2.05, 4.69) is 25.3 Å². The summed E-state index contributed by atoms with van der Waals surface area (Å²) in [4.78, 5) is 32.6. The van der Waals surface area contributed by atoms with E-state index in [4.69, 9.17) is 9.47 Å². The first kappa shape index (κ1) is 28.0. The van der Waals surface area contributed by atoms with Gasteiger partial charge in [0.15, 0.2) is 5.82 Å². The first-order valence-corrected chi connectivity index (χ1v) is 14.4. The molecule has 220 valence electrons. The summed E-state index contributed by atoms with van der Waals surface area (Å²) in [5.74, 6) is 0.557. The van der Waals surface area contributed by atoms with E-state index in [1.54, 1.807) is 36.5 Å². The number of carbonyl (C=O) groups is 1. The third-order valence-corrected chi connectivity index (χ3v) is 7.72. The van der Waals surface area contributed by atoms with Crippen LogP contribution < -0.4 is 15.0 Å². The quantitative estimate of drug-likeness (QED) is 0.314. The van der Waals surface area contributed by atoms with Gasteiger partial charge in [0.25, 0.3) is 6.43 Å². The van der Waals surface area contributed by atoms with E-state index in [0.717, 1.165) is 5.69 Å². The molecule has 10 nitrogen and oxygen atoms in total. The van der Waals surface area contributed by atoms with Crippen molar-refractivity contribution in [2.45, 2.75) is 44.6 Å². The Morgan fingerprint density at radius 3 is 2.57 bits per heavy atom. The summed E-state index contributed by atoms with van der Waals surface area (Å²) in [7, 11) is 0. The lowest BCUT2D eigenvalue weighted by atomic mass is 9.86. The number of alkyl halides is 2. The maximum atomic E-state index is 14.1. The minimum atomic E-state index is -2.80. The Morgan fingerprint density at radius 2 is 1.81 bits per heavy atom. The fourth-order valence-electron chi connectivity index (χ4n) is 5.53. The molecule has 0 atom stereocenters. The Morgan fingerprint density at radius 1 is 1.02 bits per heavy atom. The van der Waals surface area contributed by atoms with Crippen molar-refractivity contribution in [2.24, 2.45) is 5.92 Å². The molecule has 1 saturated carbocycles. The fraction of sp³-hybridized carbons (Fsp3) is 0.433. The number of anilines is 1. The Hall–Kier alpha value is -4.19. The molecule has 4 heterocycles. The van der Waals surface area contributed by atoms with Crippen LogP contribution >= 0.6 is 0 Å². The van der Waals surface area contributed by atoms with Crippen LogP contribution in [0.5, 0.6) is 5.88 Å². The molecule has 1 N–H and O–H groups in total. The van der Waals surface area contributed by atoms with E-state index < -0.39 is 6.43 Å². The average molecular weight is 578 g/mol. The highest BCUT2D eigenvalue weighted by Crippen LogP contribution is 2.32. The number of nitrogens with one attached hydrogen (secondary N) is 1. The first-order chi connectivity index (χ1) is 20.5. The van der Waals surface area contributed by atoms with Crippen LogP contribution in [0.25, 0.3) is 16.9 Å². The molecule has 1 saturated heterocycles. The number of rotatable bonds is 9. The van der Waals surface area contributed by atoms with E-state index in [0.29, 0.717) is 87.8 Å². The van der Waals surface area contributed by atoms with Crippen LogP contribution in [0.1, 0.15) is 43.6 Å². The maximum absolute atomic E-state index is 14.1. The molecule has 12 heteroatoms. The third-order valence-electron chi connectivity index (χ3n) is 7.72. The average Bonchev–Trinajstić information content (AvgIpc) is 3.42. The van der Waals surface area contributed by atoms with Crippen molar-refractivity contribution in [1.29, 1.82) is 0 Å². The standard InChI is InChI=1S/C30H33F2N7O3/c31-27(32)28-35-23-6-1-2-7-24(23)39(28)25-19-26(37-30(36-25)38-15-17-41-18-16-38)42-22-10-8-20(9-11-22)29(40)34-14-12-21-5-3-4-13-33-21/h1-7,13,19-20,22,27H,8-12,14-18H2,(H,34,40). The van der Waals surface area contributed by atoms with Crippen LogP contribution in [0.3, 0.4) is 0 Å². The summed E-state index contributed by atoms with van der Waals surface area (Å²) in [6, 6.07) is 14.3. The van der Waals surface area contributed by atoms with E-state index >= 15 is 0 Å². The van der Waals surface area contributed by atoms with E-state index in [9.17, 15) is 13.6 Å². The number of carbonyl (C=O) groups excluding carboxylic acids is 1. The Balaban J connectivity index is 1.17. The Kier molecular flexibility index (Phi) is 8.50.